The number of benzene rings is 1. The van der Waals surface area contributed by atoms with Gasteiger partial charge in [-0.1, -0.05) is 41.0 Å². The van der Waals surface area contributed by atoms with E-state index in [0.717, 1.165) is 18.5 Å². The number of hydrogen-bond donors (Lipinski definition) is 4. The number of hydrogen-bond acceptors (Lipinski definition) is 8. The fraction of sp³-hybridized carbons (Fsp3) is 0.639. The summed E-state index contributed by atoms with van der Waals surface area (Å²) in [6.07, 6.45) is 5.19. The Hall–Kier alpha value is -3.97. The molecule has 1 aromatic heterocycles. The number of ether oxygens (including phenoxy) is 2. The number of carbonyl (C=O) groups excluding carboxylic acids is 4. The number of H-pyrrole nitrogens is 1. The van der Waals surface area contributed by atoms with Gasteiger partial charge in [-0.3, -0.25) is 19.2 Å². The predicted octanol–water partition coefficient (Wildman–Crippen LogP) is 3.03. The fourth-order valence-electron chi connectivity index (χ4n) is 6.80. The molecule has 13 nitrogen and oxygen atoms in total. The summed E-state index contributed by atoms with van der Waals surface area (Å²) in [7, 11) is 4.85. The molecule has 0 unspecified atom stereocenters. The minimum absolute atomic E-state index is 0.0152. The second-order valence-corrected chi connectivity index (χ2v) is 13.5. The van der Waals surface area contributed by atoms with Crippen LogP contribution >= 0.6 is 0 Å². The summed E-state index contributed by atoms with van der Waals surface area (Å²) >= 11 is 0. The number of aromatic nitrogens is 2. The molecular weight excluding hydrogens is 626 g/mol. The first kappa shape index (κ1) is 39.5. The number of nitrogen functional groups attached to an aromatic ring is 1. The topological polar surface area (TPSA) is 172 Å². The van der Waals surface area contributed by atoms with Crippen LogP contribution in [-0.4, -0.2) is 108 Å². The lowest BCUT2D eigenvalue weighted by Gasteiger charge is -2.40. The Labute approximate surface area is 291 Å². The van der Waals surface area contributed by atoms with Gasteiger partial charge in [0.25, 0.3) is 5.91 Å². The van der Waals surface area contributed by atoms with Crippen LogP contribution in [0.15, 0.2) is 36.8 Å². The van der Waals surface area contributed by atoms with Gasteiger partial charge >= 0.3 is 0 Å². The Bertz CT molecular complexity index is 1350. The molecule has 1 aliphatic rings. The van der Waals surface area contributed by atoms with Crippen LogP contribution in [0.4, 0.5) is 5.69 Å². The number of imidazole rings is 1. The van der Waals surface area contributed by atoms with E-state index in [-0.39, 0.29) is 47.9 Å². The number of likely N-dealkylation sites (N-methyl/N-ethyl adjacent to an activating group) is 1. The molecule has 49 heavy (non-hydrogen) atoms. The van der Waals surface area contributed by atoms with Gasteiger partial charge in [-0.25, -0.2) is 4.98 Å². The minimum atomic E-state index is -0.799. The number of carbonyl (C=O) groups is 4. The number of likely N-dealkylation sites (tertiary alicyclic amines) is 1. The molecule has 4 amide bonds. The van der Waals surface area contributed by atoms with Crippen molar-refractivity contribution >= 4 is 29.3 Å². The Morgan fingerprint density at radius 3 is 2.37 bits per heavy atom. The number of nitrogens with zero attached hydrogens (tertiary/aromatic N) is 3. The molecule has 2 aromatic rings. The van der Waals surface area contributed by atoms with Gasteiger partial charge in [0, 0.05) is 58.2 Å². The van der Waals surface area contributed by atoms with Gasteiger partial charge in [-0.15, -0.1) is 0 Å². The lowest BCUT2D eigenvalue weighted by atomic mass is 9.89. The van der Waals surface area contributed by atoms with Crippen molar-refractivity contribution in [1.82, 2.24) is 30.4 Å². The molecule has 1 saturated heterocycles. The zero-order chi connectivity index (χ0) is 36.2. The highest BCUT2D eigenvalue weighted by Gasteiger charge is 2.42. The molecule has 1 aromatic carbocycles. The van der Waals surface area contributed by atoms with Crippen molar-refractivity contribution in [3.63, 3.8) is 0 Å². The number of amides is 4. The first-order valence-corrected chi connectivity index (χ1v) is 17.4. The molecule has 0 saturated carbocycles. The molecule has 3 rings (SSSR count). The van der Waals surface area contributed by atoms with Crippen molar-refractivity contribution in [2.24, 2.45) is 17.8 Å². The van der Waals surface area contributed by atoms with E-state index in [1.54, 1.807) is 63.0 Å². The van der Waals surface area contributed by atoms with Gasteiger partial charge in [0.2, 0.25) is 17.7 Å². The predicted molar refractivity (Wildman–Crippen MR) is 188 cm³/mol. The third-order valence-corrected chi connectivity index (χ3v) is 9.89. The van der Waals surface area contributed by atoms with E-state index in [2.05, 4.69) is 20.6 Å². The fourth-order valence-corrected chi connectivity index (χ4v) is 6.80. The summed E-state index contributed by atoms with van der Waals surface area (Å²) in [6.45, 7) is 10.7. The van der Waals surface area contributed by atoms with Crippen LogP contribution < -0.4 is 16.4 Å². The third kappa shape index (κ3) is 10.3. The maximum Gasteiger partial charge on any atom is 0.251 e. The van der Waals surface area contributed by atoms with Crippen molar-refractivity contribution in [2.45, 2.75) is 97.1 Å². The van der Waals surface area contributed by atoms with Crippen LogP contribution in [0.3, 0.4) is 0 Å². The Morgan fingerprint density at radius 1 is 1.10 bits per heavy atom. The highest BCUT2D eigenvalue weighted by atomic mass is 16.5. The number of aromatic amines is 1. The molecular formula is C36H57N7O6. The molecule has 0 radical (unpaired) electrons. The number of methoxy groups -OCH3 is 2. The molecule has 272 valence electrons. The number of rotatable bonds is 18. The summed E-state index contributed by atoms with van der Waals surface area (Å²) in [5.74, 6) is -1.59. The quantitative estimate of drug-likeness (QED) is 0.174. The van der Waals surface area contributed by atoms with Gasteiger partial charge in [-0.05, 0) is 48.9 Å². The molecule has 5 N–H and O–H groups in total. The van der Waals surface area contributed by atoms with E-state index in [9.17, 15) is 19.2 Å². The first-order valence-electron chi connectivity index (χ1n) is 17.4. The van der Waals surface area contributed by atoms with E-state index >= 15 is 0 Å². The second kappa shape index (κ2) is 18.7. The molecule has 1 aliphatic heterocycles. The molecule has 7 atom stereocenters. The van der Waals surface area contributed by atoms with Crippen LogP contribution in [0.2, 0.25) is 0 Å². The van der Waals surface area contributed by atoms with Crippen LogP contribution in [0.25, 0.3) is 0 Å². The smallest absolute Gasteiger partial charge is 0.251 e. The lowest BCUT2D eigenvalue weighted by molar-refractivity contribution is -0.146. The van der Waals surface area contributed by atoms with Gasteiger partial charge in [-0.2, -0.15) is 0 Å². The molecule has 13 heteroatoms. The standard InChI is InChI=1S/C36H57N7O6/c1-9-23(4)32(42(6)36(47)31(22(2)3)41-35(46)25-12-14-26(37)15-13-25)29(48-7)19-30(44)43-18-10-11-28(43)33(49-8)24(5)34(45)39-17-16-27-20-38-21-40-27/h12-15,20-24,28-29,31-33H,9-11,16-19,37H2,1-8H3,(H,38,40)(H,39,45)(H,41,46)/t23-,24+,28-,29-,31-,32-,33+/m0/s1. The van der Waals surface area contributed by atoms with Gasteiger partial charge in [0.1, 0.15) is 6.04 Å². The molecule has 1 fully saturated rings. The highest BCUT2D eigenvalue weighted by Crippen LogP contribution is 2.29. The zero-order valence-electron chi connectivity index (χ0n) is 30.4. The zero-order valence-corrected chi connectivity index (χ0v) is 30.4. The second-order valence-electron chi connectivity index (χ2n) is 13.5. The highest BCUT2D eigenvalue weighted by molar-refractivity contribution is 5.98. The van der Waals surface area contributed by atoms with Gasteiger partial charge < -0.3 is 40.6 Å². The maximum atomic E-state index is 14.1. The molecule has 0 spiro atoms. The molecule has 0 bridgehead atoms. The van der Waals surface area contributed by atoms with Crippen molar-refractivity contribution in [2.75, 3.05) is 40.1 Å². The van der Waals surface area contributed by atoms with Gasteiger partial charge in [0.05, 0.1) is 48.7 Å². The van der Waals surface area contributed by atoms with E-state index in [1.165, 1.54) is 0 Å². The van der Waals surface area contributed by atoms with E-state index in [4.69, 9.17) is 15.2 Å². The summed E-state index contributed by atoms with van der Waals surface area (Å²) in [4.78, 5) is 64.9. The van der Waals surface area contributed by atoms with Crippen LogP contribution in [-0.2, 0) is 30.3 Å². The number of anilines is 1. The Balaban J connectivity index is 1.73. The molecule has 2 heterocycles. The monoisotopic (exact) mass is 683 g/mol. The Kier molecular flexibility index (Phi) is 15.1. The Morgan fingerprint density at radius 2 is 1.80 bits per heavy atom. The SMILES string of the molecule is CC[C@H](C)[C@@H]([C@H](CC(=O)N1CCC[C@H]1[C@H](OC)[C@@H](C)C(=O)NCCc1c[nH]cn1)OC)N(C)C(=O)[C@@H](NC(=O)c1ccc(N)cc1)C(C)C. The normalized spacial score (nSPS) is 18.3. The van der Waals surface area contributed by atoms with Crippen molar-refractivity contribution in [3.8, 4) is 0 Å². The van der Waals surface area contributed by atoms with Crippen molar-refractivity contribution in [1.29, 1.82) is 0 Å². The first-order chi connectivity index (χ1) is 23.3. The summed E-state index contributed by atoms with van der Waals surface area (Å²) in [5.41, 5.74) is 7.59. The number of nitrogens with two attached hydrogens (primary N) is 1. The largest absolute Gasteiger partial charge is 0.399 e. The average molecular weight is 684 g/mol. The average Bonchev–Trinajstić information content (AvgIpc) is 3.79. The molecule has 0 aliphatic carbocycles. The van der Waals surface area contributed by atoms with Crippen molar-refractivity contribution in [3.05, 3.63) is 48.0 Å². The number of nitrogens with one attached hydrogen (secondary N) is 3. The summed E-state index contributed by atoms with van der Waals surface area (Å²) in [5, 5.41) is 5.89. The van der Waals surface area contributed by atoms with Crippen molar-refractivity contribution < 1.29 is 28.7 Å². The summed E-state index contributed by atoms with van der Waals surface area (Å²) < 4.78 is 11.9. The summed E-state index contributed by atoms with van der Waals surface area (Å²) in [6, 6.07) is 5.02. The van der Waals surface area contributed by atoms with Gasteiger partial charge in [0.15, 0.2) is 0 Å². The van der Waals surface area contributed by atoms with E-state index in [0.29, 0.717) is 37.2 Å². The van der Waals surface area contributed by atoms with Crippen LogP contribution in [0.1, 0.15) is 76.4 Å². The van der Waals surface area contributed by atoms with Crippen LogP contribution in [0, 0.1) is 17.8 Å². The van der Waals surface area contributed by atoms with E-state index in [1.807, 2.05) is 39.5 Å². The maximum absolute atomic E-state index is 14.1. The van der Waals surface area contributed by atoms with Crippen LogP contribution in [0.5, 0.6) is 0 Å². The lowest BCUT2D eigenvalue weighted by Crippen LogP contribution is -2.57. The van der Waals surface area contributed by atoms with E-state index < -0.39 is 30.2 Å². The minimum Gasteiger partial charge on any atom is -0.399 e. The third-order valence-electron chi connectivity index (χ3n) is 9.89.